The molecule has 0 radical (unpaired) electrons. The monoisotopic (exact) mass is 493 g/mol. The van der Waals surface area contributed by atoms with Gasteiger partial charge in [0.2, 0.25) is 20.8 Å². The van der Waals surface area contributed by atoms with Crippen LogP contribution in [0.1, 0.15) is 11.7 Å². The molecule has 0 saturated heterocycles. The predicted octanol–water partition coefficient (Wildman–Crippen LogP) is -4.95. The van der Waals surface area contributed by atoms with Crippen LogP contribution in [0, 0.1) is 10.1 Å². The van der Waals surface area contributed by atoms with Crippen LogP contribution in [-0.4, -0.2) is 43.6 Å². The Morgan fingerprint density at radius 1 is 0.871 bits per heavy atom. The van der Waals surface area contributed by atoms with Crippen molar-refractivity contribution < 1.29 is 103 Å². The molecular formula is C15H13NNa2O11S2. The molecule has 2 rings (SSSR count). The van der Waals surface area contributed by atoms with Crippen molar-refractivity contribution in [3.63, 3.8) is 0 Å². The Hall–Kier alpha value is -0.620. The number of nitro benzene ring substituents is 1. The molecule has 0 saturated carbocycles. The zero-order chi connectivity index (χ0) is 21.7. The number of non-ortho nitro benzene ring substituents is 1. The molecule has 0 fully saturated rings. The first-order valence-corrected chi connectivity index (χ1v) is 10.3. The van der Waals surface area contributed by atoms with Gasteiger partial charge in [-0.25, -0.2) is 16.8 Å². The van der Waals surface area contributed by atoms with E-state index >= 15 is 0 Å². The molecule has 0 bridgehead atoms. The maximum Gasteiger partial charge on any atom is 1.00 e. The van der Waals surface area contributed by atoms with Gasteiger partial charge in [-0.2, -0.15) is 0 Å². The van der Waals surface area contributed by atoms with E-state index in [-0.39, 0.29) is 76.1 Å². The van der Waals surface area contributed by atoms with Crippen LogP contribution in [0.3, 0.4) is 0 Å². The zero-order valence-electron chi connectivity index (χ0n) is 16.3. The fraction of sp³-hybridized carbons (Fsp3) is 0.200. The Morgan fingerprint density at radius 3 is 1.87 bits per heavy atom. The Kier molecular flexibility index (Phi) is 12.9. The average Bonchev–Trinajstić information content (AvgIpc) is 2.63. The Morgan fingerprint density at radius 2 is 1.42 bits per heavy atom. The molecule has 158 valence electrons. The summed E-state index contributed by atoms with van der Waals surface area (Å²) in [5, 5.41) is 10.8. The molecule has 12 nitrogen and oxygen atoms in total. The number of benzene rings is 2. The number of nitrogens with zero attached hydrogens (tertiary/aromatic N) is 1. The third-order valence-electron chi connectivity index (χ3n) is 3.39. The molecule has 0 aliphatic carbocycles. The first kappa shape index (κ1) is 30.4. The molecule has 2 aromatic carbocycles. The number of para-hydroxylation sites is 1. The normalized spacial score (nSPS) is 13.2. The average molecular weight is 493 g/mol. The predicted molar refractivity (Wildman–Crippen MR) is 93.1 cm³/mol. The van der Waals surface area contributed by atoms with Crippen LogP contribution in [-0.2, 0) is 29.2 Å². The third-order valence-corrected chi connectivity index (χ3v) is 4.30. The van der Waals surface area contributed by atoms with Crippen LogP contribution in [0.25, 0.3) is 0 Å². The molecule has 2 atom stereocenters. The topological polar surface area (TPSA) is 185 Å². The largest absolute Gasteiger partial charge is 1.00 e. The molecule has 16 heteroatoms. The molecule has 0 N–H and O–H groups in total. The van der Waals surface area contributed by atoms with E-state index in [4.69, 9.17) is 4.74 Å². The minimum Gasteiger partial charge on any atom is -0.726 e. The van der Waals surface area contributed by atoms with Crippen molar-refractivity contribution in [1.29, 1.82) is 0 Å². The molecule has 0 aliphatic rings. The quantitative estimate of drug-likeness (QED) is 0.101. The van der Waals surface area contributed by atoms with Crippen LogP contribution in [0.15, 0.2) is 54.6 Å². The Bertz CT molecular complexity index is 1050. The van der Waals surface area contributed by atoms with E-state index < -0.39 is 44.5 Å². The van der Waals surface area contributed by atoms with Gasteiger partial charge in [0.25, 0.3) is 5.69 Å². The fourth-order valence-corrected chi connectivity index (χ4v) is 3.02. The van der Waals surface area contributed by atoms with Gasteiger partial charge in [0.15, 0.2) is 6.10 Å². The van der Waals surface area contributed by atoms with Gasteiger partial charge in [0, 0.05) is 12.1 Å². The molecule has 31 heavy (non-hydrogen) atoms. The maximum absolute atomic E-state index is 11.1. The summed E-state index contributed by atoms with van der Waals surface area (Å²) in [6, 6.07) is 12.2. The van der Waals surface area contributed by atoms with Gasteiger partial charge in [-0.15, -0.1) is 0 Å². The molecule has 2 unspecified atom stereocenters. The van der Waals surface area contributed by atoms with Crippen LogP contribution in [0.4, 0.5) is 5.69 Å². The van der Waals surface area contributed by atoms with Crippen LogP contribution >= 0.6 is 0 Å². The van der Waals surface area contributed by atoms with Gasteiger partial charge in [-0.05, 0) is 29.8 Å². The number of nitro groups is 1. The zero-order valence-corrected chi connectivity index (χ0v) is 21.9. The number of rotatable bonds is 10. The molecule has 0 aliphatic heterocycles. The van der Waals surface area contributed by atoms with E-state index in [0.29, 0.717) is 0 Å². The number of hydrogen-bond donors (Lipinski definition) is 0. The van der Waals surface area contributed by atoms with Gasteiger partial charge < -0.3 is 13.8 Å². The molecule has 0 aromatic heterocycles. The van der Waals surface area contributed by atoms with Crippen LogP contribution < -0.4 is 63.9 Å². The second-order valence-electron chi connectivity index (χ2n) is 5.44. The van der Waals surface area contributed by atoms with Gasteiger partial charge >= 0.3 is 59.1 Å². The van der Waals surface area contributed by atoms with Crippen molar-refractivity contribution >= 4 is 26.5 Å². The first-order valence-electron chi connectivity index (χ1n) is 7.65. The van der Waals surface area contributed by atoms with Crippen molar-refractivity contribution in [3.8, 4) is 5.75 Å². The molecule has 2 aromatic rings. The summed E-state index contributed by atoms with van der Waals surface area (Å²) < 4.78 is 79.5. The van der Waals surface area contributed by atoms with Crippen molar-refractivity contribution in [2.75, 3.05) is 6.61 Å². The van der Waals surface area contributed by atoms with Crippen LogP contribution in [0.2, 0.25) is 0 Å². The van der Waals surface area contributed by atoms with Crippen molar-refractivity contribution in [1.82, 2.24) is 0 Å². The minimum absolute atomic E-state index is 0. The summed E-state index contributed by atoms with van der Waals surface area (Å²) in [4.78, 5) is 10.1. The maximum atomic E-state index is 11.1. The summed E-state index contributed by atoms with van der Waals surface area (Å²) in [5.41, 5.74) is -0.209. The molecule has 0 amide bonds. The SMILES string of the molecule is O=[N+]([O-])c1ccc(C(Oc2ccccc2)C(COS(=O)(=O)[O-])OS(=O)(=O)[O-])cc1.[Na+].[Na+]. The summed E-state index contributed by atoms with van der Waals surface area (Å²) >= 11 is 0. The van der Waals surface area contributed by atoms with Gasteiger partial charge in [0.05, 0.1) is 11.5 Å². The minimum atomic E-state index is -5.37. The number of hydrogen-bond acceptors (Lipinski definition) is 11. The summed E-state index contributed by atoms with van der Waals surface area (Å²) in [7, 11) is -10.6. The van der Waals surface area contributed by atoms with Gasteiger partial charge in [0.1, 0.15) is 11.9 Å². The van der Waals surface area contributed by atoms with Crippen molar-refractivity contribution in [2.24, 2.45) is 0 Å². The third kappa shape index (κ3) is 11.2. The second kappa shape index (κ2) is 13.2. The Labute approximate surface area is 222 Å². The van der Waals surface area contributed by atoms with Gasteiger partial charge in [-0.3, -0.25) is 18.5 Å². The smallest absolute Gasteiger partial charge is 0.726 e. The first-order chi connectivity index (χ1) is 13.4. The summed E-state index contributed by atoms with van der Waals surface area (Å²) in [6.07, 6.45) is -3.38. The van der Waals surface area contributed by atoms with Crippen molar-refractivity contribution in [3.05, 3.63) is 70.3 Å². The second-order valence-corrected chi connectivity index (χ2v) is 7.50. The summed E-state index contributed by atoms with van der Waals surface area (Å²) in [6.45, 7) is -1.16. The fourth-order valence-electron chi connectivity index (χ4n) is 2.26. The molecule has 0 spiro atoms. The van der Waals surface area contributed by atoms with E-state index in [9.17, 15) is 36.1 Å². The van der Waals surface area contributed by atoms with E-state index in [1.165, 1.54) is 24.3 Å². The van der Waals surface area contributed by atoms with Crippen LogP contribution in [0.5, 0.6) is 5.75 Å². The standard InChI is InChI=1S/C15H15NO11S2.2Na/c17-16(18)12-8-6-11(7-9-12)15(26-13-4-2-1-3-5-13)14(27-29(22,23)24)10-25-28(19,20)21;;/h1-9,14-15H,10H2,(H,19,20,21)(H,22,23,24);;/q;2*+1/p-2. The summed E-state index contributed by atoms with van der Waals surface area (Å²) in [5.74, 6) is 0.165. The van der Waals surface area contributed by atoms with E-state index in [1.807, 2.05) is 0 Å². The molecule has 0 heterocycles. The van der Waals surface area contributed by atoms with E-state index in [1.54, 1.807) is 18.2 Å². The molecular weight excluding hydrogens is 480 g/mol. The van der Waals surface area contributed by atoms with E-state index in [2.05, 4.69) is 8.37 Å². The Balaban J connectivity index is 0.00000450. The number of ether oxygens (including phenoxy) is 1. The van der Waals surface area contributed by atoms with Crippen molar-refractivity contribution in [2.45, 2.75) is 12.2 Å². The van der Waals surface area contributed by atoms with E-state index in [0.717, 1.165) is 12.1 Å². The van der Waals surface area contributed by atoms with Gasteiger partial charge in [-0.1, -0.05) is 18.2 Å².